The van der Waals surface area contributed by atoms with Gasteiger partial charge in [0.2, 0.25) is 0 Å². The van der Waals surface area contributed by atoms with E-state index in [1.165, 1.54) is 5.56 Å². The molecule has 0 atom stereocenters. The monoisotopic (exact) mass is 336 g/mol. The molecule has 4 rings (SSSR count). The quantitative estimate of drug-likeness (QED) is 0.891. The normalized spacial score (nSPS) is 16.0. The van der Waals surface area contributed by atoms with Crippen LogP contribution in [0.1, 0.15) is 30.5 Å². The molecule has 1 N–H and O–H groups in total. The molecule has 0 saturated carbocycles. The van der Waals surface area contributed by atoms with E-state index in [1.54, 1.807) is 18.5 Å². The Morgan fingerprint density at radius 1 is 1.21 bits per heavy atom. The number of benzene rings is 1. The standard InChI is InChI=1S/C19H17ClN4/c1-3-12-4-5-13-16(8-12)23-19-17(11(2)9-22-19)24-18(13)14-10-21-7-6-15(14)20/h4-8,10H,3,9H2,1-2H3,(H,22,23). The minimum absolute atomic E-state index is 0.644. The fraction of sp³-hybridized carbons (Fsp3) is 0.211. The van der Waals surface area contributed by atoms with Crippen LogP contribution in [0, 0.1) is 0 Å². The van der Waals surface area contributed by atoms with E-state index in [0.717, 1.165) is 46.1 Å². The highest BCUT2D eigenvalue weighted by molar-refractivity contribution is 6.36. The van der Waals surface area contributed by atoms with E-state index < -0.39 is 0 Å². The van der Waals surface area contributed by atoms with Crippen LogP contribution in [0.3, 0.4) is 0 Å². The summed E-state index contributed by atoms with van der Waals surface area (Å²) in [7, 11) is 0. The predicted octanol–water partition coefficient (Wildman–Crippen LogP) is 4.25. The summed E-state index contributed by atoms with van der Waals surface area (Å²) in [5, 5.41) is 4.10. The van der Waals surface area contributed by atoms with Crippen LogP contribution in [-0.4, -0.2) is 23.1 Å². The molecule has 0 bridgehead atoms. The summed E-state index contributed by atoms with van der Waals surface area (Å²) in [6.07, 6.45) is 4.43. The lowest BCUT2D eigenvalue weighted by Gasteiger charge is -2.12. The Morgan fingerprint density at radius 3 is 2.88 bits per heavy atom. The van der Waals surface area contributed by atoms with E-state index in [9.17, 15) is 0 Å². The Balaban J connectivity index is 1.99. The van der Waals surface area contributed by atoms with Crippen LogP contribution >= 0.6 is 11.6 Å². The minimum atomic E-state index is 0.644. The first-order valence-electron chi connectivity index (χ1n) is 8.01. The van der Waals surface area contributed by atoms with Crippen molar-refractivity contribution < 1.29 is 0 Å². The molecule has 0 radical (unpaired) electrons. The molecule has 3 heterocycles. The molecular formula is C19H17ClN4. The molecule has 0 aliphatic carbocycles. The number of rotatable bonds is 2. The summed E-state index contributed by atoms with van der Waals surface area (Å²) >= 11 is 6.43. The lowest BCUT2D eigenvalue weighted by atomic mass is 9.99. The largest absolute Gasteiger partial charge is 0.338 e. The van der Waals surface area contributed by atoms with Gasteiger partial charge in [-0.1, -0.05) is 30.7 Å². The maximum Gasteiger partial charge on any atom is 0.152 e. The molecule has 2 aliphatic heterocycles. The van der Waals surface area contributed by atoms with Gasteiger partial charge in [-0.15, -0.1) is 0 Å². The smallest absolute Gasteiger partial charge is 0.152 e. The average molecular weight is 337 g/mol. The number of nitrogens with one attached hydrogen (secondary N) is 1. The molecule has 5 heteroatoms. The van der Waals surface area contributed by atoms with Crippen LogP contribution in [0.5, 0.6) is 0 Å². The SMILES string of the molecule is CCc1ccc2c(c1)NC1=NCC(C)=C1N=C2c1cnccc1Cl. The average Bonchev–Trinajstić information content (AvgIpc) is 2.85. The van der Waals surface area contributed by atoms with Gasteiger partial charge in [0.25, 0.3) is 0 Å². The number of hydrogen-bond donors (Lipinski definition) is 1. The van der Waals surface area contributed by atoms with Gasteiger partial charge in [-0.3, -0.25) is 9.98 Å². The van der Waals surface area contributed by atoms with Crippen LogP contribution in [0.15, 0.2) is 57.9 Å². The van der Waals surface area contributed by atoms with Crippen molar-refractivity contribution in [2.45, 2.75) is 20.3 Å². The Bertz CT molecular complexity index is 925. The first-order valence-corrected chi connectivity index (χ1v) is 8.38. The summed E-state index contributed by atoms with van der Waals surface area (Å²) in [4.78, 5) is 13.7. The van der Waals surface area contributed by atoms with E-state index in [2.05, 4.69) is 47.3 Å². The molecule has 1 aromatic heterocycles. The number of fused-ring (bicyclic) bond motifs is 2. The molecular weight excluding hydrogens is 320 g/mol. The van der Waals surface area contributed by atoms with Crippen LogP contribution in [-0.2, 0) is 6.42 Å². The molecule has 2 aromatic rings. The van der Waals surface area contributed by atoms with Crippen molar-refractivity contribution in [1.82, 2.24) is 4.98 Å². The lowest BCUT2D eigenvalue weighted by Crippen LogP contribution is -2.11. The zero-order chi connectivity index (χ0) is 16.7. The van der Waals surface area contributed by atoms with E-state index in [-0.39, 0.29) is 0 Å². The van der Waals surface area contributed by atoms with Crippen molar-refractivity contribution in [1.29, 1.82) is 0 Å². The van der Waals surface area contributed by atoms with Gasteiger partial charge in [0, 0.05) is 29.2 Å². The Labute approximate surface area is 146 Å². The summed E-state index contributed by atoms with van der Waals surface area (Å²) in [5.41, 5.74) is 7.01. The third-order valence-corrected chi connectivity index (χ3v) is 4.68. The third-order valence-electron chi connectivity index (χ3n) is 4.35. The van der Waals surface area contributed by atoms with Crippen LogP contribution in [0.2, 0.25) is 5.02 Å². The van der Waals surface area contributed by atoms with Crippen molar-refractivity contribution in [2.75, 3.05) is 11.9 Å². The first-order chi connectivity index (χ1) is 11.7. The Kier molecular flexibility index (Phi) is 3.69. The summed E-state index contributed by atoms with van der Waals surface area (Å²) in [6, 6.07) is 8.18. The van der Waals surface area contributed by atoms with Crippen LogP contribution < -0.4 is 5.32 Å². The molecule has 0 spiro atoms. The van der Waals surface area contributed by atoms with Gasteiger partial charge in [0.1, 0.15) is 5.70 Å². The summed E-state index contributed by atoms with van der Waals surface area (Å²) < 4.78 is 0. The number of amidine groups is 1. The van der Waals surface area contributed by atoms with Crippen LogP contribution in [0.4, 0.5) is 5.69 Å². The van der Waals surface area contributed by atoms with E-state index >= 15 is 0 Å². The molecule has 0 fully saturated rings. The van der Waals surface area contributed by atoms with E-state index in [4.69, 9.17) is 16.6 Å². The highest BCUT2D eigenvalue weighted by Crippen LogP contribution is 2.31. The van der Waals surface area contributed by atoms with Crippen LogP contribution in [0.25, 0.3) is 0 Å². The van der Waals surface area contributed by atoms with Gasteiger partial charge in [0.05, 0.1) is 17.3 Å². The second-order valence-electron chi connectivity index (χ2n) is 5.97. The molecule has 120 valence electrons. The number of halogens is 1. The number of aryl methyl sites for hydroxylation is 1. The number of aliphatic imine (C=N–C) groups is 2. The van der Waals surface area contributed by atoms with Crippen molar-refractivity contribution in [3.05, 3.63) is 69.6 Å². The lowest BCUT2D eigenvalue weighted by molar-refractivity contribution is 1.14. The fourth-order valence-corrected chi connectivity index (χ4v) is 3.17. The number of anilines is 1. The highest BCUT2D eigenvalue weighted by Gasteiger charge is 2.25. The molecule has 0 saturated heterocycles. The second kappa shape index (κ2) is 5.87. The van der Waals surface area contributed by atoms with Gasteiger partial charge in [0.15, 0.2) is 5.84 Å². The van der Waals surface area contributed by atoms with Crippen molar-refractivity contribution in [3.8, 4) is 0 Å². The molecule has 1 aromatic carbocycles. The van der Waals surface area contributed by atoms with Gasteiger partial charge >= 0.3 is 0 Å². The molecule has 2 aliphatic rings. The van der Waals surface area contributed by atoms with Gasteiger partial charge in [-0.05, 0) is 36.6 Å². The zero-order valence-corrected chi connectivity index (χ0v) is 14.4. The zero-order valence-electron chi connectivity index (χ0n) is 13.6. The predicted molar refractivity (Wildman–Crippen MR) is 99.3 cm³/mol. The van der Waals surface area contributed by atoms with Gasteiger partial charge in [-0.2, -0.15) is 0 Å². The topological polar surface area (TPSA) is 49.6 Å². The second-order valence-corrected chi connectivity index (χ2v) is 6.38. The number of nitrogens with zero attached hydrogens (tertiary/aromatic N) is 3. The summed E-state index contributed by atoms with van der Waals surface area (Å²) in [6.45, 7) is 4.89. The molecule has 24 heavy (non-hydrogen) atoms. The number of pyridine rings is 1. The molecule has 4 nitrogen and oxygen atoms in total. The fourth-order valence-electron chi connectivity index (χ4n) is 2.97. The molecule has 0 unspecified atom stereocenters. The minimum Gasteiger partial charge on any atom is -0.338 e. The summed E-state index contributed by atoms with van der Waals surface area (Å²) in [5.74, 6) is 0.831. The van der Waals surface area contributed by atoms with E-state index in [0.29, 0.717) is 11.6 Å². The maximum atomic E-state index is 6.43. The number of hydrogen-bond acceptors (Lipinski definition) is 4. The van der Waals surface area contributed by atoms with Crippen molar-refractivity contribution in [3.63, 3.8) is 0 Å². The van der Waals surface area contributed by atoms with E-state index in [1.807, 2.05) is 0 Å². The maximum absolute atomic E-state index is 6.43. The first kappa shape index (κ1) is 15.1. The number of aromatic nitrogens is 1. The highest BCUT2D eigenvalue weighted by atomic mass is 35.5. The van der Waals surface area contributed by atoms with Crippen molar-refractivity contribution >= 4 is 28.8 Å². The Hall–Kier alpha value is -2.46. The van der Waals surface area contributed by atoms with Crippen molar-refractivity contribution in [2.24, 2.45) is 9.98 Å². The third kappa shape index (κ3) is 2.43. The van der Waals surface area contributed by atoms with Gasteiger partial charge in [-0.25, -0.2) is 4.99 Å². The molecule has 0 amide bonds. The Morgan fingerprint density at radius 2 is 2.08 bits per heavy atom. The van der Waals surface area contributed by atoms with Gasteiger partial charge < -0.3 is 5.32 Å².